The van der Waals surface area contributed by atoms with E-state index in [0.29, 0.717) is 17.4 Å². The molecule has 0 saturated heterocycles. The van der Waals surface area contributed by atoms with Gasteiger partial charge in [0.2, 0.25) is 5.76 Å². The SMILES string of the molecule is Cc1nc(C(=O)OCc2ccccc2)c(-c2ccc(CCl)o2)o1. The average molecular weight is 332 g/mol. The number of carbonyl (C=O) groups is 1. The number of hydrogen-bond acceptors (Lipinski definition) is 5. The third-order valence-electron chi connectivity index (χ3n) is 3.16. The number of ether oxygens (including phenoxy) is 1. The van der Waals surface area contributed by atoms with E-state index in [9.17, 15) is 4.79 Å². The van der Waals surface area contributed by atoms with Crippen molar-refractivity contribution in [3.05, 3.63) is 65.4 Å². The van der Waals surface area contributed by atoms with E-state index < -0.39 is 5.97 Å². The van der Waals surface area contributed by atoms with Gasteiger partial charge in [0.1, 0.15) is 12.4 Å². The number of rotatable bonds is 5. The van der Waals surface area contributed by atoms with Crippen molar-refractivity contribution in [1.82, 2.24) is 4.98 Å². The molecule has 0 fully saturated rings. The molecule has 0 aliphatic carbocycles. The highest BCUT2D eigenvalue weighted by Crippen LogP contribution is 2.28. The second-order valence-electron chi connectivity index (χ2n) is 4.87. The minimum absolute atomic E-state index is 0.0916. The maximum Gasteiger partial charge on any atom is 0.361 e. The van der Waals surface area contributed by atoms with Crippen LogP contribution >= 0.6 is 11.6 Å². The summed E-state index contributed by atoms with van der Waals surface area (Å²) in [5.74, 6) is 1.25. The van der Waals surface area contributed by atoms with Gasteiger partial charge in [-0.2, -0.15) is 0 Å². The number of alkyl halides is 1. The lowest BCUT2D eigenvalue weighted by Gasteiger charge is -2.03. The standard InChI is InChI=1S/C17H14ClNO4/c1-11-19-15(16(22-11)14-8-7-13(9-18)23-14)17(20)21-10-12-5-3-2-4-6-12/h2-8H,9-10H2,1H3. The lowest BCUT2D eigenvalue weighted by Crippen LogP contribution is -2.07. The topological polar surface area (TPSA) is 65.5 Å². The van der Waals surface area contributed by atoms with Crippen molar-refractivity contribution in [3.8, 4) is 11.5 Å². The van der Waals surface area contributed by atoms with Gasteiger partial charge in [-0.1, -0.05) is 30.3 Å². The van der Waals surface area contributed by atoms with Gasteiger partial charge in [0.05, 0.1) is 5.88 Å². The fourth-order valence-electron chi connectivity index (χ4n) is 2.10. The molecule has 0 amide bonds. The second-order valence-corrected chi connectivity index (χ2v) is 5.14. The van der Waals surface area contributed by atoms with E-state index in [4.69, 9.17) is 25.2 Å². The maximum absolute atomic E-state index is 12.3. The monoisotopic (exact) mass is 331 g/mol. The van der Waals surface area contributed by atoms with Crippen molar-refractivity contribution in [2.24, 2.45) is 0 Å². The van der Waals surface area contributed by atoms with E-state index in [-0.39, 0.29) is 23.9 Å². The summed E-state index contributed by atoms with van der Waals surface area (Å²) in [6.07, 6.45) is 0. The number of carbonyl (C=O) groups excluding carboxylic acids is 1. The minimum atomic E-state index is -0.565. The van der Waals surface area contributed by atoms with Crippen molar-refractivity contribution in [3.63, 3.8) is 0 Å². The fraction of sp³-hybridized carbons (Fsp3) is 0.176. The first-order valence-electron chi connectivity index (χ1n) is 7.01. The summed E-state index contributed by atoms with van der Waals surface area (Å²) in [7, 11) is 0. The molecule has 0 aliphatic rings. The van der Waals surface area contributed by atoms with Gasteiger partial charge in [-0.15, -0.1) is 11.6 Å². The third kappa shape index (κ3) is 3.46. The van der Waals surface area contributed by atoms with Crippen LogP contribution in [0.25, 0.3) is 11.5 Å². The molecule has 3 aromatic rings. The highest BCUT2D eigenvalue weighted by molar-refractivity contribution is 6.16. The quantitative estimate of drug-likeness (QED) is 0.514. The van der Waals surface area contributed by atoms with Gasteiger partial charge in [0, 0.05) is 6.92 Å². The van der Waals surface area contributed by atoms with Crippen LogP contribution in [0.5, 0.6) is 0 Å². The molecular formula is C17H14ClNO4. The third-order valence-corrected chi connectivity index (χ3v) is 3.42. The van der Waals surface area contributed by atoms with E-state index >= 15 is 0 Å². The Morgan fingerprint density at radius 1 is 1.17 bits per heavy atom. The van der Waals surface area contributed by atoms with Crippen LogP contribution in [0, 0.1) is 6.92 Å². The molecule has 0 aliphatic heterocycles. The first-order valence-corrected chi connectivity index (χ1v) is 7.54. The molecule has 0 unspecified atom stereocenters. The normalized spacial score (nSPS) is 10.7. The molecule has 6 heteroatoms. The van der Waals surface area contributed by atoms with E-state index in [1.54, 1.807) is 19.1 Å². The second kappa shape index (κ2) is 6.71. The largest absolute Gasteiger partial charge is 0.456 e. The molecule has 0 saturated carbocycles. The van der Waals surface area contributed by atoms with Gasteiger partial charge in [0.25, 0.3) is 0 Å². The number of aryl methyl sites for hydroxylation is 1. The van der Waals surface area contributed by atoms with Crippen LogP contribution in [0.15, 0.2) is 51.3 Å². The Labute approximate surface area is 137 Å². The molecule has 5 nitrogen and oxygen atoms in total. The molecule has 0 bridgehead atoms. The Kier molecular flexibility index (Phi) is 4.48. The van der Waals surface area contributed by atoms with Gasteiger partial charge >= 0.3 is 5.97 Å². The Hall–Kier alpha value is -2.53. The Morgan fingerprint density at radius 3 is 2.65 bits per heavy atom. The first-order chi connectivity index (χ1) is 11.2. The highest BCUT2D eigenvalue weighted by atomic mass is 35.5. The molecule has 0 atom stereocenters. The molecular weight excluding hydrogens is 318 g/mol. The van der Waals surface area contributed by atoms with E-state index in [2.05, 4.69) is 4.98 Å². The number of esters is 1. The van der Waals surface area contributed by atoms with Gasteiger partial charge in [-0.05, 0) is 17.7 Å². The van der Waals surface area contributed by atoms with E-state index in [1.807, 2.05) is 30.3 Å². The van der Waals surface area contributed by atoms with Crippen LogP contribution in [0.1, 0.15) is 27.7 Å². The van der Waals surface area contributed by atoms with Crippen molar-refractivity contribution >= 4 is 17.6 Å². The van der Waals surface area contributed by atoms with Crippen LogP contribution in [-0.2, 0) is 17.2 Å². The average Bonchev–Trinajstić information content (AvgIpc) is 3.19. The lowest BCUT2D eigenvalue weighted by atomic mass is 10.2. The number of benzene rings is 1. The van der Waals surface area contributed by atoms with Gasteiger partial charge in [-0.25, -0.2) is 9.78 Å². The molecule has 0 radical (unpaired) electrons. The van der Waals surface area contributed by atoms with Crippen LogP contribution in [0.2, 0.25) is 0 Å². The van der Waals surface area contributed by atoms with Crippen LogP contribution in [0.3, 0.4) is 0 Å². The molecule has 2 heterocycles. The maximum atomic E-state index is 12.3. The zero-order chi connectivity index (χ0) is 16.2. The number of aromatic nitrogens is 1. The van der Waals surface area contributed by atoms with Gasteiger partial charge in [0.15, 0.2) is 17.3 Å². The molecule has 0 spiro atoms. The summed E-state index contributed by atoms with van der Waals surface area (Å²) in [6.45, 7) is 1.82. The summed E-state index contributed by atoms with van der Waals surface area (Å²) in [5.41, 5.74) is 0.985. The molecule has 0 N–H and O–H groups in total. The summed E-state index contributed by atoms with van der Waals surface area (Å²) < 4.78 is 16.3. The first kappa shape index (κ1) is 15.4. The van der Waals surface area contributed by atoms with Crippen molar-refractivity contribution < 1.29 is 18.4 Å². The van der Waals surface area contributed by atoms with Crippen LogP contribution in [0.4, 0.5) is 0 Å². The van der Waals surface area contributed by atoms with E-state index in [0.717, 1.165) is 5.56 Å². The fourth-order valence-corrected chi connectivity index (χ4v) is 2.24. The molecule has 3 rings (SSSR count). The molecule has 1 aromatic carbocycles. The van der Waals surface area contributed by atoms with Gasteiger partial charge in [-0.3, -0.25) is 0 Å². The summed E-state index contributed by atoms with van der Waals surface area (Å²) in [5, 5.41) is 0. The smallest absolute Gasteiger partial charge is 0.361 e. The number of furan rings is 1. The Morgan fingerprint density at radius 2 is 1.96 bits per heavy atom. The molecule has 118 valence electrons. The Bertz CT molecular complexity index is 807. The van der Waals surface area contributed by atoms with Crippen molar-refractivity contribution in [2.75, 3.05) is 0 Å². The van der Waals surface area contributed by atoms with Crippen LogP contribution < -0.4 is 0 Å². The number of hydrogen-bond donors (Lipinski definition) is 0. The molecule has 23 heavy (non-hydrogen) atoms. The van der Waals surface area contributed by atoms with Crippen molar-refractivity contribution in [1.29, 1.82) is 0 Å². The molecule has 2 aromatic heterocycles. The Balaban J connectivity index is 1.80. The number of halogens is 1. The van der Waals surface area contributed by atoms with E-state index in [1.165, 1.54) is 0 Å². The number of nitrogens with zero attached hydrogens (tertiary/aromatic N) is 1. The summed E-state index contributed by atoms with van der Waals surface area (Å²) in [6, 6.07) is 12.8. The summed E-state index contributed by atoms with van der Waals surface area (Å²) >= 11 is 5.72. The minimum Gasteiger partial charge on any atom is -0.456 e. The zero-order valence-electron chi connectivity index (χ0n) is 12.4. The predicted molar refractivity (Wildman–Crippen MR) is 84.1 cm³/mol. The van der Waals surface area contributed by atoms with Crippen LogP contribution in [-0.4, -0.2) is 11.0 Å². The summed E-state index contributed by atoms with van der Waals surface area (Å²) in [4.78, 5) is 16.4. The zero-order valence-corrected chi connectivity index (χ0v) is 13.2. The van der Waals surface area contributed by atoms with Crippen molar-refractivity contribution in [2.45, 2.75) is 19.4 Å². The highest BCUT2D eigenvalue weighted by Gasteiger charge is 2.24. The predicted octanol–water partition coefficient (Wildman–Crippen LogP) is 4.34. The lowest BCUT2D eigenvalue weighted by molar-refractivity contribution is 0.0466. The number of oxazole rings is 1. The van der Waals surface area contributed by atoms with Gasteiger partial charge < -0.3 is 13.6 Å².